The SMILES string of the molecule is C[C@@H]1OC[C@H]1Oc1nn(C)cc1NC=O. The van der Waals surface area contributed by atoms with Crippen molar-refractivity contribution in [2.24, 2.45) is 7.05 Å². The molecule has 1 amide bonds. The number of aryl methyl sites for hydroxylation is 1. The quantitative estimate of drug-likeness (QED) is 0.720. The summed E-state index contributed by atoms with van der Waals surface area (Å²) in [7, 11) is 1.77. The monoisotopic (exact) mass is 211 g/mol. The lowest BCUT2D eigenvalue weighted by atomic mass is 10.2. The highest BCUT2D eigenvalue weighted by Crippen LogP contribution is 2.25. The number of anilines is 1. The second-order valence-electron chi connectivity index (χ2n) is 3.48. The number of carbonyl (C=O) groups excluding carboxylic acids is 1. The molecule has 1 aromatic rings. The first-order chi connectivity index (χ1) is 7.20. The fraction of sp³-hybridized carbons (Fsp3) is 0.556. The van der Waals surface area contributed by atoms with Crippen LogP contribution in [0.15, 0.2) is 6.20 Å². The minimum atomic E-state index is 0.0205. The second-order valence-corrected chi connectivity index (χ2v) is 3.48. The van der Waals surface area contributed by atoms with Crippen molar-refractivity contribution in [1.29, 1.82) is 0 Å². The molecule has 2 heterocycles. The Morgan fingerprint density at radius 3 is 3.13 bits per heavy atom. The summed E-state index contributed by atoms with van der Waals surface area (Å²) >= 11 is 0. The first-order valence-corrected chi connectivity index (χ1v) is 4.73. The molecule has 0 unspecified atom stereocenters. The molecule has 2 atom stereocenters. The van der Waals surface area contributed by atoms with Gasteiger partial charge in [-0.15, -0.1) is 5.10 Å². The van der Waals surface area contributed by atoms with Gasteiger partial charge in [0.15, 0.2) is 0 Å². The molecule has 2 rings (SSSR count). The fourth-order valence-electron chi connectivity index (χ4n) is 1.36. The van der Waals surface area contributed by atoms with Crippen LogP contribution in [0.4, 0.5) is 5.69 Å². The summed E-state index contributed by atoms with van der Waals surface area (Å²) in [6.07, 6.45) is 2.39. The van der Waals surface area contributed by atoms with E-state index in [2.05, 4.69) is 10.4 Å². The standard InChI is InChI=1S/C9H13N3O3/c1-6-8(4-14-6)15-9-7(10-5-13)3-12(2)11-9/h3,5-6,8H,4H2,1-2H3,(H,10,13)/t6-,8+/m0/s1. The maximum Gasteiger partial charge on any atom is 0.257 e. The van der Waals surface area contributed by atoms with Gasteiger partial charge in [-0.2, -0.15) is 0 Å². The van der Waals surface area contributed by atoms with Crippen LogP contribution in [0, 0.1) is 0 Å². The molecule has 6 heteroatoms. The van der Waals surface area contributed by atoms with Gasteiger partial charge in [-0.1, -0.05) is 0 Å². The smallest absolute Gasteiger partial charge is 0.257 e. The van der Waals surface area contributed by atoms with E-state index in [9.17, 15) is 4.79 Å². The number of hydrogen-bond donors (Lipinski definition) is 1. The van der Waals surface area contributed by atoms with E-state index >= 15 is 0 Å². The molecule has 0 radical (unpaired) electrons. The van der Waals surface area contributed by atoms with E-state index in [0.717, 1.165) is 0 Å². The Labute approximate surface area is 87.2 Å². The van der Waals surface area contributed by atoms with Crippen molar-refractivity contribution in [3.8, 4) is 5.88 Å². The molecular formula is C9H13N3O3. The van der Waals surface area contributed by atoms with Gasteiger partial charge in [-0.25, -0.2) is 0 Å². The van der Waals surface area contributed by atoms with E-state index in [1.54, 1.807) is 17.9 Å². The van der Waals surface area contributed by atoms with E-state index in [0.29, 0.717) is 24.6 Å². The third kappa shape index (κ3) is 1.94. The van der Waals surface area contributed by atoms with Gasteiger partial charge in [0.1, 0.15) is 11.8 Å². The van der Waals surface area contributed by atoms with Gasteiger partial charge in [0.2, 0.25) is 6.41 Å². The molecule has 1 aromatic heterocycles. The van der Waals surface area contributed by atoms with Gasteiger partial charge in [0, 0.05) is 7.05 Å². The zero-order chi connectivity index (χ0) is 10.8. The highest BCUT2D eigenvalue weighted by atomic mass is 16.6. The van der Waals surface area contributed by atoms with Crippen LogP contribution >= 0.6 is 0 Å². The van der Waals surface area contributed by atoms with E-state index in [1.165, 1.54) is 0 Å². The lowest BCUT2D eigenvalue weighted by Crippen LogP contribution is -2.46. The largest absolute Gasteiger partial charge is 0.467 e. The lowest BCUT2D eigenvalue weighted by Gasteiger charge is -2.33. The molecule has 15 heavy (non-hydrogen) atoms. The molecule has 1 saturated heterocycles. The molecule has 0 spiro atoms. The van der Waals surface area contributed by atoms with Crippen LogP contribution in [0.25, 0.3) is 0 Å². The fourth-order valence-corrected chi connectivity index (χ4v) is 1.36. The van der Waals surface area contributed by atoms with Crippen LogP contribution in [0.1, 0.15) is 6.92 Å². The van der Waals surface area contributed by atoms with Crippen LogP contribution in [0.3, 0.4) is 0 Å². The number of hydrogen-bond acceptors (Lipinski definition) is 4. The highest BCUT2D eigenvalue weighted by molar-refractivity contribution is 5.73. The molecule has 82 valence electrons. The Morgan fingerprint density at radius 1 is 1.80 bits per heavy atom. The Balaban J connectivity index is 2.08. The van der Waals surface area contributed by atoms with Gasteiger partial charge < -0.3 is 14.8 Å². The number of carbonyl (C=O) groups is 1. The Bertz CT molecular complexity index is 363. The summed E-state index contributed by atoms with van der Waals surface area (Å²) in [5.74, 6) is 0.435. The molecule has 1 aliphatic rings. The summed E-state index contributed by atoms with van der Waals surface area (Å²) in [4.78, 5) is 10.3. The summed E-state index contributed by atoms with van der Waals surface area (Å²) in [5.41, 5.74) is 0.576. The number of amides is 1. The van der Waals surface area contributed by atoms with Crippen molar-refractivity contribution in [2.45, 2.75) is 19.1 Å². The summed E-state index contributed by atoms with van der Waals surface area (Å²) in [5, 5.41) is 6.64. The van der Waals surface area contributed by atoms with Crippen molar-refractivity contribution in [3.05, 3.63) is 6.20 Å². The first kappa shape index (κ1) is 9.97. The lowest BCUT2D eigenvalue weighted by molar-refractivity contribution is -0.140. The van der Waals surface area contributed by atoms with E-state index in [-0.39, 0.29) is 12.2 Å². The van der Waals surface area contributed by atoms with Crippen molar-refractivity contribution < 1.29 is 14.3 Å². The summed E-state index contributed by atoms with van der Waals surface area (Å²) in [6, 6.07) is 0. The third-order valence-electron chi connectivity index (χ3n) is 2.32. The first-order valence-electron chi connectivity index (χ1n) is 4.73. The zero-order valence-electron chi connectivity index (χ0n) is 8.64. The molecule has 0 saturated carbocycles. The average molecular weight is 211 g/mol. The predicted molar refractivity (Wildman–Crippen MR) is 52.7 cm³/mol. The van der Waals surface area contributed by atoms with Crippen LogP contribution in [0.2, 0.25) is 0 Å². The summed E-state index contributed by atoms with van der Waals surface area (Å²) in [6.45, 7) is 2.50. The molecule has 1 fully saturated rings. The maximum absolute atomic E-state index is 10.3. The second kappa shape index (κ2) is 3.90. The molecule has 0 aromatic carbocycles. The molecule has 1 N–H and O–H groups in total. The predicted octanol–water partition coefficient (Wildman–Crippen LogP) is 0.154. The number of aromatic nitrogens is 2. The minimum Gasteiger partial charge on any atom is -0.467 e. The minimum absolute atomic E-state index is 0.0205. The van der Waals surface area contributed by atoms with Gasteiger partial charge >= 0.3 is 0 Å². The normalized spacial score (nSPS) is 24.4. The van der Waals surface area contributed by atoms with Crippen molar-refractivity contribution in [1.82, 2.24) is 9.78 Å². The van der Waals surface area contributed by atoms with Crippen LogP contribution in [0.5, 0.6) is 5.88 Å². The Hall–Kier alpha value is -1.56. The van der Waals surface area contributed by atoms with Crippen molar-refractivity contribution in [3.63, 3.8) is 0 Å². The average Bonchev–Trinajstić information content (AvgIpc) is 2.54. The number of rotatable bonds is 4. The van der Waals surface area contributed by atoms with E-state index in [4.69, 9.17) is 9.47 Å². The van der Waals surface area contributed by atoms with Gasteiger partial charge in [0.25, 0.3) is 5.88 Å². The van der Waals surface area contributed by atoms with Gasteiger partial charge in [0.05, 0.1) is 18.9 Å². The number of ether oxygens (including phenoxy) is 2. The van der Waals surface area contributed by atoms with Crippen LogP contribution in [-0.2, 0) is 16.6 Å². The topological polar surface area (TPSA) is 65.4 Å². The molecular weight excluding hydrogens is 198 g/mol. The molecule has 1 aliphatic heterocycles. The summed E-state index contributed by atoms with van der Waals surface area (Å²) < 4.78 is 12.3. The zero-order valence-corrected chi connectivity index (χ0v) is 8.64. The van der Waals surface area contributed by atoms with E-state index in [1.807, 2.05) is 6.92 Å². The Morgan fingerprint density at radius 2 is 2.60 bits per heavy atom. The van der Waals surface area contributed by atoms with Gasteiger partial charge in [-0.05, 0) is 6.92 Å². The van der Waals surface area contributed by atoms with Crippen molar-refractivity contribution >= 4 is 12.1 Å². The molecule has 0 bridgehead atoms. The van der Waals surface area contributed by atoms with Crippen LogP contribution in [-0.4, -0.2) is 35.0 Å². The van der Waals surface area contributed by atoms with Gasteiger partial charge in [-0.3, -0.25) is 9.48 Å². The third-order valence-corrected chi connectivity index (χ3v) is 2.32. The van der Waals surface area contributed by atoms with Crippen LogP contribution < -0.4 is 10.1 Å². The maximum atomic E-state index is 10.3. The number of nitrogens with zero attached hydrogens (tertiary/aromatic N) is 2. The molecule has 6 nitrogen and oxygen atoms in total. The molecule has 0 aliphatic carbocycles. The van der Waals surface area contributed by atoms with E-state index < -0.39 is 0 Å². The Kier molecular flexibility index (Phi) is 2.59. The number of nitrogens with one attached hydrogen (secondary N) is 1. The highest BCUT2D eigenvalue weighted by Gasteiger charge is 2.31. The van der Waals surface area contributed by atoms with Crippen molar-refractivity contribution in [2.75, 3.05) is 11.9 Å².